The zero-order valence-electron chi connectivity index (χ0n) is 17.4. The number of nitrogens with one attached hydrogen (secondary N) is 1. The molecule has 0 radical (unpaired) electrons. The molecule has 0 spiro atoms. The van der Waals surface area contributed by atoms with Gasteiger partial charge in [0.05, 0.1) is 38.7 Å². The van der Waals surface area contributed by atoms with Crippen molar-refractivity contribution in [1.29, 1.82) is 0 Å². The summed E-state index contributed by atoms with van der Waals surface area (Å²) in [6.07, 6.45) is 2.81. The monoisotopic (exact) mass is 391 g/mol. The highest BCUT2D eigenvalue weighted by Gasteiger charge is 2.30. The van der Waals surface area contributed by atoms with Crippen molar-refractivity contribution < 1.29 is 19.0 Å². The Labute approximate surface area is 167 Å². The van der Waals surface area contributed by atoms with Gasteiger partial charge in [0.2, 0.25) is 5.91 Å². The zero-order chi connectivity index (χ0) is 20.1. The molecular weight excluding hydrogens is 358 g/mol. The number of anilines is 1. The second kappa shape index (κ2) is 9.58. The molecule has 1 aromatic carbocycles. The van der Waals surface area contributed by atoms with Crippen LogP contribution < -0.4 is 14.8 Å². The van der Waals surface area contributed by atoms with Gasteiger partial charge in [-0.3, -0.25) is 14.6 Å². The lowest BCUT2D eigenvalue weighted by Crippen LogP contribution is -2.50. The Bertz CT molecular complexity index is 659. The van der Waals surface area contributed by atoms with Crippen molar-refractivity contribution in [3.63, 3.8) is 0 Å². The fourth-order valence-electron chi connectivity index (χ4n) is 4.32. The number of amides is 1. The summed E-state index contributed by atoms with van der Waals surface area (Å²) in [6.45, 7) is 8.54. The van der Waals surface area contributed by atoms with Crippen LogP contribution in [0.15, 0.2) is 18.2 Å². The smallest absolute Gasteiger partial charge is 0.238 e. The molecule has 1 aromatic rings. The van der Waals surface area contributed by atoms with Crippen molar-refractivity contribution in [2.45, 2.75) is 44.9 Å². The fraction of sp³-hybridized carbons (Fsp3) is 0.667. The van der Waals surface area contributed by atoms with E-state index in [0.29, 0.717) is 29.8 Å². The molecule has 7 heteroatoms. The number of rotatable bonds is 7. The SMILES string of the molecule is COc1ccc(NC(=O)CN2CCCC2CN2CC(C)OC(C)C2)c(OC)c1. The molecule has 0 aliphatic carbocycles. The Morgan fingerprint density at radius 1 is 1.21 bits per heavy atom. The second-order valence-electron chi connectivity index (χ2n) is 7.86. The molecule has 2 aliphatic rings. The highest BCUT2D eigenvalue weighted by molar-refractivity contribution is 5.93. The van der Waals surface area contributed by atoms with Gasteiger partial charge < -0.3 is 19.5 Å². The minimum Gasteiger partial charge on any atom is -0.497 e. The molecule has 3 atom stereocenters. The zero-order valence-corrected chi connectivity index (χ0v) is 17.4. The van der Waals surface area contributed by atoms with Crippen LogP contribution in [0.5, 0.6) is 11.5 Å². The Kier molecular flexibility index (Phi) is 7.15. The number of hydrogen-bond acceptors (Lipinski definition) is 6. The molecule has 2 saturated heterocycles. The van der Waals surface area contributed by atoms with E-state index in [-0.39, 0.29) is 18.1 Å². The Balaban J connectivity index is 1.56. The van der Waals surface area contributed by atoms with Gasteiger partial charge in [0, 0.05) is 31.7 Å². The number of morpholine rings is 1. The minimum absolute atomic E-state index is 0.0147. The topological polar surface area (TPSA) is 63.3 Å². The second-order valence-corrected chi connectivity index (χ2v) is 7.86. The lowest BCUT2D eigenvalue weighted by Gasteiger charge is -2.38. The van der Waals surface area contributed by atoms with Crippen molar-refractivity contribution in [2.75, 3.05) is 52.3 Å². The van der Waals surface area contributed by atoms with Gasteiger partial charge in [-0.25, -0.2) is 0 Å². The van der Waals surface area contributed by atoms with Gasteiger partial charge in [-0.05, 0) is 45.4 Å². The molecule has 28 heavy (non-hydrogen) atoms. The lowest BCUT2D eigenvalue weighted by molar-refractivity contribution is -0.117. The summed E-state index contributed by atoms with van der Waals surface area (Å²) >= 11 is 0. The fourth-order valence-corrected chi connectivity index (χ4v) is 4.32. The summed E-state index contributed by atoms with van der Waals surface area (Å²) in [5.74, 6) is 1.28. The average Bonchev–Trinajstić information content (AvgIpc) is 3.07. The third kappa shape index (κ3) is 5.37. The largest absolute Gasteiger partial charge is 0.497 e. The molecule has 156 valence electrons. The molecule has 0 bridgehead atoms. The summed E-state index contributed by atoms with van der Waals surface area (Å²) in [4.78, 5) is 17.4. The molecule has 3 unspecified atom stereocenters. The lowest BCUT2D eigenvalue weighted by atomic mass is 10.1. The van der Waals surface area contributed by atoms with Gasteiger partial charge in [-0.15, -0.1) is 0 Å². The van der Waals surface area contributed by atoms with Gasteiger partial charge in [-0.1, -0.05) is 0 Å². The van der Waals surface area contributed by atoms with E-state index in [4.69, 9.17) is 14.2 Å². The van der Waals surface area contributed by atoms with Crippen molar-refractivity contribution in [2.24, 2.45) is 0 Å². The summed E-state index contributed by atoms with van der Waals surface area (Å²) in [5, 5.41) is 2.98. The predicted molar refractivity (Wildman–Crippen MR) is 109 cm³/mol. The number of likely N-dealkylation sites (tertiary alicyclic amines) is 1. The van der Waals surface area contributed by atoms with Gasteiger partial charge in [0.1, 0.15) is 11.5 Å². The van der Waals surface area contributed by atoms with Gasteiger partial charge in [-0.2, -0.15) is 0 Å². The molecular formula is C21H33N3O4. The first kappa shape index (κ1) is 20.9. The number of ether oxygens (including phenoxy) is 3. The first-order valence-electron chi connectivity index (χ1n) is 10.1. The summed E-state index contributed by atoms with van der Waals surface area (Å²) in [7, 11) is 3.20. The van der Waals surface area contributed by atoms with E-state index in [0.717, 1.165) is 39.0 Å². The van der Waals surface area contributed by atoms with E-state index < -0.39 is 0 Å². The summed E-state index contributed by atoms with van der Waals surface area (Å²) in [5.41, 5.74) is 0.667. The highest BCUT2D eigenvalue weighted by Crippen LogP contribution is 2.29. The van der Waals surface area contributed by atoms with Crippen LogP contribution in [-0.2, 0) is 9.53 Å². The standard InChI is InChI=1S/C21H33N3O4/c1-15-11-23(12-16(2)28-15)13-17-6-5-9-24(17)14-21(25)22-19-8-7-18(26-3)10-20(19)27-4/h7-8,10,15-17H,5-6,9,11-14H2,1-4H3,(H,22,25). The quantitative estimate of drug-likeness (QED) is 0.769. The van der Waals surface area contributed by atoms with Gasteiger partial charge in [0.15, 0.2) is 0 Å². The third-order valence-electron chi connectivity index (χ3n) is 5.49. The predicted octanol–water partition coefficient (Wildman–Crippen LogP) is 2.22. The van der Waals surface area contributed by atoms with Gasteiger partial charge in [0.25, 0.3) is 0 Å². The van der Waals surface area contributed by atoms with Crippen molar-refractivity contribution in [1.82, 2.24) is 9.80 Å². The van der Waals surface area contributed by atoms with Crippen LogP contribution in [0.4, 0.5) is 5.69 Å². The van der Waals surface area contributed by atoms with E-state index in [1.165, 1.54) is 0 Å². The van der Waals surface area contributed by atoms with Crippen molar-refractivity contribution >= 4 is 11.6 Å². The molecule has 2 heterocycles. The Hall–Kier alpha value is -1.83. The van der Waals surface area contributed by atoms with E-state index in [2.05, 4.69) is 29.0 Å². The molecule has 1 amide bonds. The normalized spacial score (nSPS) is 26.2. The van der Waals surface area contributed by atoms with Crippen LogP contribution in [0.1, 0.15) is 26.7 Å². The summed E-state index contributed by atoms with van der Waals surface area (Å²) in [6, 6.07) is 5.82. The Morgan fingerprint density at radius 2 is 1.96 bits per heavy atom. The van der Waals surface area contributed by atoms with E-state index in [1.54, 1.807) is 20.3 Å². The molecule has 1 N–H and O–H groups in total. The van der Waals surface area contributed by atoms with Crippen LogP contribution in [0, 0.1) is 0 Å². The maximum atomic E-state index is 12.7. The molecule has 2 fully saturated rings. The van der Waals surface area contributed by atoms with Crippen LogP contribution in [0.25, 0.3) is 0 Å². The molecule has 2 aliphatic heterocycles. The minimum atomic E-state index is -0.0147. The third-order valence-corrected chi connectivity index (χ3v) is 5.49. The van der Waals surface area contributed by atoms with Crippen molar-refractivity contribution in [3.8, 4) is 11.5 Å². The molecule has 7 nitrogen and oxygen atoms in total. The maximum absolute atomic E-state index is 12.7. The number of benzene rings is 1. The van der Waals surface area contributed by atoms with E-state index in [1.807, 2.05) is 12.1 Å². The molecule has 0 aromatic heterocycles. The first-order chi connectivity index (χ1) is 13.5. The van der Waals surface area contributed by atoms with E-state index >= 15 is 0 Å². The van der Waals surface area contributed by atoms with Crippen molar-refractivity contribution in [3.05, 3.63) is 18.2 Å². The Morgan fingerprint density at radius 3 is 2.64 bits per heavy atom. The number of carbonyl (C=O) groups excluding carboxylic acids is 1. The summed E-state index contributed by atoms with van der Waals surface area (Å²) < 4.78 is 16.4. The molecule has 0 saturated carbocycles. The first-order valence-corrected chi connectivity index (χ1v) is 10.1. The highest BCUT2D eigenvalue weighted by atomic mass is 16.5. The number of carbonyl (C=O) groups is 1. The van der Waals surface area contributed by atoms with Crippen LogP contribution in [0.3, 0.4) is 0 Å². The van der Waals surface area contributed by atoms with Crippen LogP contribution in [-0.4, -0.2) is 80.9 Å². The maximum Gasteiger partial charge on any atom is 0.238 e. The van der Waals surface area contributed by atoms with E-state index in [9.17, 15) is 4.79 Å². The number of hydrogen-bond donors (Lipinski definition) is 1. The van der Waals surface area contributed by atoms with Crippen LogP contribution >= 0.6 is 0 Å². The van der Waals surface area contributed by atoms with Crippen LogP contribution in [0.2, 0.25) is 0 Å². The molecule has 3 rings (SSSR count). The van der Waals surface area contributed by atoms with Gasteiger partial charge >= 0.3 is 0 Å². The number of methoxy groups -OCH3 is 2. The number of nitrogens with zero attached hydrogens (tertiary/aromatic N) is 2. The average molecular weight is 392 g/mol.